The van der Waals surface area contributed by atoms with Crippen molar-refractivity contribution in [1.82, 2.24) is 14.8 Å². The summed E-state index contributed by atoms with van der Waals surface area (Å²) in [6, 6.07) is 9.04. The molecule has 0 saturated heterocycles. The lowest BCUT2D eigenvalue weighted by atomic mass is 9.65. The van der Waals surface area contributed by atoms with Crippen molar-refractivity contribution in [3.63, 3.8) is 0 Å². The van der Waals surface area contributed by atoms with Crippen LogP contribution in [0.4, 0.5) is 0 Å². The monoisotopic (exact) mass is 278 g/mol. The Morgan fingerprint density at radius 1 is 1.33 bits per heavy atom. The Morgan fingerprint density at radius 3 is 2.81 bits per heavy atom. The fourth-order valence-corrected chi connectivity index (χ4v) is 2.90. The van der Waals surface area contributed by atoms with Crippen molar-refractivity contribution in [3.8, 4) is 12.1 Å². The lowest BCUT2D eigenvalue weighted by Crippen LogP contribution is -2.32. The Bertz CT molecular complexity index is 864. The Labute approximate surface area is 121 Å². The third-order valence-corrected chi connectivity index (χ3v) is 4.33. The lowest BCUT2D eigenvalue weighted by Gasteiger charge is -2.35. The van der Waals surface area contributed by atoms with E-state index in [1.165, 1.54) is 0 Å². The molecule has 1 aliphatic carbocycles. The van der Waals surface area contributed by atoms with Gasteiger partial charge >= 0.3 is 6.01 Å². The molecule has 0 spiro atoms. The van der Waals surface area contributed by atoms with E-state index in [0.717, 1.165) is 41.5 Å². The van der Waals surface area contributed by atoms with Crippen LogP contribution in [0.1, 0.15) is 30.6 Å². The van der Waals surface area contributed by atoms with Gasteiger partial charge in [-0.3, -0.25) is 0 Å². The van der Waals surface area contributed by atoms with Crippen LogP contribution in [-0.4, -0.2) is 14.8 Å². The van der Waals surface area contributed by atoms with E-state index < -0.39 is 0 Å². The number of rotatable bonds is 2. The fraction of sp³-hybridized carbons (Fsp3) is 0.312. The molecule has 5 heteroatoms. The van der Waals surface area contributed by atoms with E-state index in [1.807, 2.05) is 25.1 Å². The molecule has 1 aromatic carbocycles. The van der Waals surface area contributed by atoms with Gasteiger partial charge in [0, 0.05) is 5.39 Å². The number of aryl methyl sites for hydroxylation is 1. The normalized spacial score (nSPS) is 16.6. The number of hydrogen-bond acceptors (Lipinski definition) is 4. The van der Waals surface area contributed by atoms with E-state index in [2.05, 4.69) is 16.2 Å². The third-order valence-electron chi connectivity index (χ3n) is 4.33. The summed E-state index contributed by atoms with van der Waals surface area (Å²) < 4.78 is 7.24. The average molecular weight is 278 g/mol. The number of fused-ring (bicyclic) bond motifs is 1. The molecule has 0 radical (unpaired) electrons. The first kappa shape index (κ1) is 12.2. The molecule has 1 aliphatic rings. The number of oxazole rings is 1. The van der Waals surface area contributed by atoms with E-state index >= 15 is 0 Å². The minimum Gasteiger partial charge on any atom is -0.427 e. The lowest BCUT2D eigenvalue weighted by molar-refractivity contribution is 0.324. The van der Waals surface area contributed by atoms with Crippen LogP contribution in [0.15, 0.2) is 35.0 Å². The smallest absolute Gasteiger partial charge is 0.323 e. The summed E-state index contributed by atoms with van der Waals surface area (Å²) in [6.07, 6.45) is 6.44. The van der Waals surface area contributed by atoms with E-state index in [1.54, 1.807) is 17.1 Å². The quantitative estimate of drug-likeness (QED) is 0.721. The van der Waals surface area contributed by atoms with Crippen molar-refractivity contribution in [2.24, 2.45) is 0 Å². The summed E-state index contributed by atoms with van der Waals surface area (Å²) in [4.78, 5) is 4.22. The number of nitrogens with zero attached hydrogens (tertiary/aromatic N) is 4. The molecule has 0 unspecified atom stereocenters. The average Bonchev–Trinajstić information content (AvgIpc) is 3.03. The summed E-state index contributed by atoms with van der Waals surface area (Å²) in [6.45, 7) is 1.85. The van der Waals surface area contributed by atoms with Gasteiger partial charge in [-0.15, -0.1) is 0 Å². The summed E-state index contributed by atoms with van der Waals surface area (Å²) >= 11 is 0. The molecule has 5 nitrogen and oxygen atoms in total. The highest BCUT2D eigenvalue weighted by Gasteiger charge is 2.39. The van der Waals surface area contributed by atoms with Gasteiger partial charge in [-0.05, 0) is 37.8 Å². The second kappa shape index (κ2) is 4.19. The van der Waals surface area contributed by atoms with Crippen molar-refractivity contribution >= 4 is 10.9 Å². The number of aromatic nitrogens is 3. The van der Waals surface area contributed by atoms with Gasteiger partial charge in [0.1, 0.15) is 5.76 Å². The van der Waals surface area contributed by atoms with Gasteiger partial charge in [-0.2, -0.15) is 20.0 Å². The molecule has 1 fully saturated rings. The Hall–Kier alpha value is -2.61. The first-order valence-electron chi connectivity index (χ1n) is 7.04. The summed E-state index contributed by atoms with van der Waals surface area (Å²) in [5, 5.41) is 14.9. The van der Waals surface area contributed by atoms with E-state index in [0.29, 0.717) is 6.01 Å². The van der Waals surface area contributed by atoms with Crippen LogP contribution in [0, 0.1) is 18.3 Å². The third kappa shape index (κ3) is 1.69. The molecule has 2 heterocycles. The molecule has 0 bridgehead atoms. The van der Waals surface area contributed by atoms with Gasteiger partial charge in [0.05, 0.1) is 29.4 Å². The Kier molecular flexibility index (Phi) is 2.43. The minimum atomic E-state index is -0.324. The van der Waals surface area contributed by atoms with Gasteiger partial charge in [0.15, 0.2) is 0 Å². The standard InChI is InChI=1S/C16H14N4O/c1-11-8-18-15(21-11)20-14-7-13(4-3-12(14)9-19-20)16(10-17)5-2-6-16/h3-4,7-9H,2,5-6H2,1H3. The largest absolute Gasteiger partial charge is 0.427 e. The molecule has 4 rings (SSSR count). The Balaban J connectivity index is 1.89. The van der Waals surface area contributed by atoms with Crippen molar-refractivity contribution in [3.05, 3.63) is 41.9 Å². The maximum Gasteiger partial charge on any atom is 0.323 e. The summed E-state index contributed by atoms with van der Waals surface area (Å²) in [5.41, 5.74) is 1.67. The van der Waals surface area contributed by atoms with Crippen molar-refractivity contribution in [2.75, 3.05) is 0 Å². The van der Waals surface area contributed by atoms with Gasteiger partial charge in [-0.1, -0.05) is 12.1 Å². The second-order valence-corrected chi connectivity index (χ2v) is 5.63. The minimum absolute atomic E-state index is 0.324. The topological polar surface area (TPSA) is 67.6 Å². The zero-order chi connectivity index (χ0) is 14.4. The molecular formula is C16H14N4O. The highest BCUT2D eigenvalue weighted by Crippen LogP contribution is 2.43. The van der Waals surface area contributed by atoms with Gasteiger partial charge < -0.3 is 4.42 Å². The Morgan fingerprint density at radius 2 is 2.19 bits per heavy atom. The number of benzene rings is 1. The van der Waals surface area contributed by atoms with Crippen LogP contribution in [0.3, 0.4) is 0 Å². The van der Waals surface area contributed by atoms with Crippen LogP contribution >= 0.6 is 0 Å². The maximum atomic E-state index is 9.50. The van der Waals surface area contributed by atoms with Gasteiger partial charge in [0.2, 0.25) is 0 Å². The van der Waals surface area contributed by atoms with Crippen LogP contribution in [0.25, 0.3) is 16.9 Å². The molecular weight excluding hydrogens is 264 g/mol. The van der Waals surface area contributed by atoms with E-state index in [4.69, 9.17) is 4.42 Å². The number of nitriles is 1. The van der Waals surface area contributed by atoms with Crippen LogP contribution < -0.4 is 0 Å². The summed E-state index contributed by atoms with van der Waals surface area (Å²) in [7, 11) is 0. The van der Waals surface area contributed by atoms with Gasteiger partial charge in [0.25, 0.3) is 0 Å². The molecule has 0 aliphatic heterocycles. The van der Waals surface area contributed by atoms with Gasteiger partial charge in [-0.25, -0.2) is 0 Å². The van der Waals surface area contributed by atoms with Crippen LogP contribution in [0.5, 0.6) is 0 Å². The van der Waals surface area contributed by atoms with E-state index in [-0.39, 0.29) is 5.41 Å². The predicted octanol–water partition coefficient (Wildman–Crippen LogP) is 3.27. The van der Waals surface area contributed by atoms with Crippen molar-refractivity contribution in [2.45, 2.75) is 31.6 Å². The zero-order valence-electron chi connectivity index (χ0n) is 11.7. The zero-order valence-corrected chi connectivity index (χ0v) is 11.7. The van der Waals surface area contributed by atoms with E-state index in [9.17, 15) is 5.26 Å². The molecule has 104 valence electrons. The number of hydrogen-bond donors (Lipinski definition) is 0. The van der Waals surface area contributed by atoms with Crippen LogP contribution in [0.2, 0.25) is 0 Å². The molecule has 3 aromatic rings. The molecule has 0 amide bonds. The first-order chi connectivity index (χ1) is 10.2. The highest BCUT2D eigenvalue weighted by molar-refractivity contribution is 5.81. The SMILES string of the molecule is Cc1cnc(-n2ncc3ccc(C4(C#N)CCC4)cc32)o1. The van der Waals surface area contributed by atoms with Crippen LogP contribution in [-0.2, 0) is 5.41 Å². The maximum absolute atomic E-state index is 9.50. The molecule has 0 atom stereocenters. The molecule has 2 aromatic heterocycles. The molecule has 0 N–H and O–H groups in total. The highest BCUT2D eigenvalue weighted by atomic mass is 16.4. The second-order valence-electron chi connectivity index (χ2n) is 5.63. The molecule has 21 heavy (non-hydrogen) atoms. The van der Waals surface area contributed by atoms with Crippen molar-refractivity contribution in [1.29, 1.82) is 5.26 Å². The summed E-state index contributed by atoms with van der Waals surface area (Å²) in [5.74, 6) is 0.747. The fourth-order valence-electron chi connectivity index (χ4n) is 2.90. The molecule has 1 saturated carbocycles. The van der Waals surface area contributed by atoms with Crippen molar-refractivity contribution < 1.29 is 4.42 Å². The first-order valence-corrected chi connectivity index (χ1v) is 7.04. The predicted molar refractivity (Wildman–Crippen MR) is 77.0 cm³/mol.